The van der Waals surface area contributed by atoms with Crippen molar-refractivity contribution in [1.82, 2.24) is 0 Å². The van der Waals surface area contributed by atoms with Gasteiger partial charge in [0.15, 0.2) is 16.6 Å². The molecule has 1 aromatic rings. The molecule has 1 aliphatic rings. The van der Waals surface area contributed by atoms with Crippen LogP contribution < -0.4 is 0 Å². The van der Waals surface area contributed by atoms with E-state index in [4.69, 9.17) is 8.23 Å². The van der Waals surface area contributed by atoms with Gasteiger partial charge in [-0.25, -0.2) is 0 Å². The molecule has 0 heterocycles. The van der Waals surface area contributed by atoms with Crippen molar-refractivity contribution in [2.24, 2.45) is 11.8 Å². The predicted octanol–water partition coefficient (Wildman–Crippen LogP) is 9.85. The number of aryl methyl sites for hydroxylation is 1. The molecular formula is C31H58O4Si3. The van der Waals surface area contributed by atoms with Crippen molar-refractivity contribution in [3.05, 3.63) is 34.9 Å². The summed E-state index contributed by atoms with van der Waals surface area (Å²) >= 11 is 0. The van der Waals surface area contributed by atoms with Crippen molar-refractivity contribution < 1.29 is 18.4 Å². The van der Waals surface area contributed by atoms with E-state index in [1.165, 1.54) is 24.5 Å². The Morgan fingerprint density at radius 1 is 0.895 bits per heavy atom. The van der Waals surface area contributed by atoms with E-state index in [0.29, 0.717) is 17.4 Å². The summed E-state index contributed by atoms with van der Waals surface area (Å²) in [5.74, 6) is 1.30. The molecule has 4 nitrogen and oxygen atoms in total. The molecule has 0 amide bonds. The average Bonchev–Trinajstić information content (AvgIpc) is 2.75. The van der Waals surface area contributed by atoms with Crippen molar-refractivity contribution in [2.75, 3.05) is 0 Å². The Labute approximate surface area is 237 Å². The number of allylic oxidation sites excluding steroid dienone is 2. The normalized spacial score (nSPS) is 19.9. The maximum Gasteiger partial charge on any atom is 0.311 e. The molecule has 38 heavy (non-hydrogen) atoms. The van der Waals surface area contributed by atoms with Crippen LogP contribution in [0.4, 0.5) is 0 Å². The predicted molar refractivity (Wildman–Crippen MR) is 171 cm³/mol. The molecule has 1 aliphatic carbocycles. The number of phenolic OH excluding ortho intramolecular Hbond substituents is 2. The molecule has 2 rings (SSSR count). The van der Waals surface area contributed by atoms with E-state index in [1.807, 2.05) is 12.1 Å². The van der Waals surface area contributed by atoms with Gasteiger partial charge in [-0.15, -0.1) is 0 Å². The zero-order valence-corrected chi connectivity index (χ0v) is 29.2. The van der Waals surface area contributed by atoms with Crippen molar-refractivity contribution in [1.29, 1.82) is 0 Å². The SMILES string of the molecule is CCCCCc1cc(O)c([C@@H]2C=C(C)CC[C@H]2C(C)C[Si](C)(C)O[Si](C)(C)O[Si](C)(C)CCCC)c(O)c1. The minimum absolute atomic E-state index is 0.0233. The van der Waals surface area contributed by atoms with Gasteiger partial charge >= 0.3 is 8.56 Å². The monoisotopic (exact) mass is 578 g/mol. The van der Waals surface area contributed by atoms with Gasteiger partial charge in [-0.1, -0.05) is 58.1 Å². The first-order valence-corrected chi connectivity index (χ1v) is 24.3. The van der Waals surface area contributed by atoms with Crippen LogP contribution in [-0.4, -0.2) is 35.4 Å². The summed E-state index contributed by atoms with van der Waals surface area (Å²) < 4.78 is 13.7. The molecule has 218 valence electrons. The van der Waals surface area contributed by atoms with Crippen molar-refractivity contribution >= 4 is 25.2 Å². The number of aromatic hydroxyl groups is 2. The first-order chi connectivity index (χ1) is 17.6. The number of unbranched alkanes of at least 4 members (excludes halogenated alkanes) is 3. The Bertz CT molecular complexity index is 903. The van der Waals surface area contributed by atoms with Crippen molar-refractivity contribution in [3.8, 4) is 11.5 Å². The maximum absolute atomic E-state index is 11.1. The summed E-state index contributed by atoms with van der Waals surface area (Å²) in [6, 6.07) is 6.03. The minimum atomic E-state index is -2.24. The Balaban J connectivity index is 2.20. The Hall–Kier alpha value is -0.869. The summed E-state index contributed by atoms with van der Waals surface area (Å²) in [6.45, 7) is 22.8. The molecule has 0 aromatic heterocycles. The van der Waals surface area contributed by atoms with Gasteiger partial charge < -0.3 is 18.4 Å². The molecule has 0 fully saturated rings. The molecule has 3 atom stereocenters. The molecule has 0 bridgehead atoms. The highest BCUT2D eigenvalue weighted by atomic mass is 28.5. The van der Waals surface area contributed by atoms with Gasteiger partial charge in [-0.3, -0.25) is 0 Å². The van der Waals surface area contributed by atoms with E-state index >= 15 is 0 Å². The van der Waals surface area contributed by atoms with E-state index in [1.54, 1.807) is 0 Å². The third-order valence-corrected chi connectivity index (χ3v) is 19.7. The summed E-state index contributed by atoms with van der Waals surface area (Å²) in [5, 5.41) is 22.2. The van der Waals surface area contributed by atoms with Crippen LogP contribution in [0.2, 0.25) is 51.4 Å². The lowest BCUT2D eigenvalue weighted by Crippen LogP contribution is -2.53. The van der Waals surface area contributed by atoms with E-state index in [2.05, 4.69) is 73.1 Å². The zero-order valence-electron chi connectivity index (χ0n) is 26.2. The first-order valence-electron chi connectivity index (χ1n) is 15.2. The summed E-state index contributed by atoms with van der Waals surface area (Å²) in [5.41, 5.74) is 3.08. The third-order valence-electron chi connectivity index (χ3n) is 8.12. The quantitative estimate of drug-likeness (QED) is 0.123. The summed E-state index contributed by atoms with van der Waals surface area (Å²) in [6.07, 6.45) is 11.2. The lowest BCUT2D eigenvalue weighted by atomic mass is 9.71. The lowest BCUT2D eigenvalue weighted by Gasteiger charge is -2.42. The lowest BCUT2D eigenvalue weighted by molar-refractivity contribution is 0.293. The fraction of sp³-hybridized carbons (Fsp3) is 0.742. The smallest absolute Gasteiger partial charge is 0.311 e. The molecule has 7 heteroatoms. The van der Waals surface area contributed by atoms with Crippen LogP contribution in [0, 0.1) is 11.8 Å². The number of benzene rings is 1. The van der Waals surface area contributed by atoms with Gasteiger partial charge in [-0.05, 0) is 114 Å². The van der Waals surface area contributed by atoms with Crippen LogP contribution in [-0.2, 0) is 14.7 Å². The number of rotatable bonds is 15. The van der Waals surface area contributed by atoms with Gasteiger partial charge in [-0.2, -0.15) is 0 Å². The summed E-state index contributed by atoms with van der Waals surface area (Å²) in [4.78, 5) is 0. The Morgan fingerprint density at radius 3 is 2.05 bits per heavy atom. The molecule has 1 unspecified atom stereocenters. The van der Waals surface area contributed by atoms with E-state index in [9.17, 15) is 10.2 Å². The summed E-state index contributed by atoms with van der Waals surface area (Å²) in [7, 11) is -5.97. The Morgan fingerprint density at radius 2 is 1.47 bits per heavy atom. The number of hydrogen-bond acceptors (Lipinski definition) is 4. The second-order valence-electron chi connectivity index (χ2n) is 13.7. The molecule has 0 radical (unpaired) electrons. The molecular weight excluding hydrogens is 521 g/mol. The van der Waals surface area contributed by atoms with E-state index < -0.39 is 25.2 Å². The van der Waals surface area contributed by atoms with Crippen molar-refractivity contribution in [2.45, 2.75) is 136 Å². The van der Waals surface area contributed by atoms with Gasteiger partial charge in [0.05, 0.1) is 0 Å². The van der Waals surface area contributed by atoms with Gasteiger partial charge in [0.1, 0.15) is 11.5 Å². The molecule has 0 spiro atoms. The number of phenols is 2. The standard InChI is InChI=1S/C31H58O4Si3/c1-11-13-15-16-26-21-29(32)31(30(33)22-26)28-20-24(3)17-18-27(28)25(4)23-37(7,8)35-38(9,10)34-36(5,6)19-14-12-2/h20-22,25,27-28,32-33H,11-19,23H2,1-10H3/t25?,27-,28+/m0/s1. The Kier molecular flexibility index (Phi) is 12.4. The maximum atomic E-state index is 11.1. The molecule has 0 aliphatic heterocycles. The van der Waals surface area contributed by atoms with Crippen molar-refractivity contribution in [3.63, 3.8) is 0 Å². The molecule has 0 saturated carbocycles. The van der Waals surface area contributed by atoms with Crippen LogP contribution in [0.25, 0.3) is 0 Å². The fourth-order valence-electron chi connectivity index (χ4n) is 6.74. The fourth-order valence-corrected chi connectivity index (χ4v) is 21.7. The largest absolute Gasteiger partial charge is 0.507 e. The van der Waals surface area contributed by atoms with Crippen LogP contribution in [0.1, 0.15) is 89.7 Å². The molecule has 0 saturated heterocycles. The van der Waals surface area contributed by atoms with Crippen LogP contribution >= 0.6 is 0 Å². The average molecular weight is 579 g/mol. The van der Waals surface area contributed by atoms with Crippen LogP contribution in [0.15, 0.2) is 23.8 Å². The van der Waals surface area contributed by atoms with Crippen LogP contribution in [0.3, 0.4) is 0 Å². The zero-order chi connectivity index (χ0) is 28.7. The highest BCUT2D eigenvalue weighted by Gasteiger charge is 2.42. The second-order valence-corrected chi connectivity index (χ2v) is 26.0. The molecule has 1 aromatic carbocycles. The number of hydrogen-bond donors (Lipinski definition) is 2. The van der Waals surface area contributed by atoms with Gasteiger partial charge in [0.25, 0.3) is 0 Å². The highest BCUT2D eigenvalue weighted by Crippen LogP contribution is 2.48. The van der Waals surface area contributed by atoms with Crippen LogP contribution in [0.5, 0.6) is 11.5 Å². The van der Waals surface area contributed by atoms with E-state index in [0.717, 1.165) is 50.1 Å². The van der Waals surface area contributed by atoms with Gasteiger partial charge in [0, 0.05) is 11.5 Å². The highest BCUT2D eigenvalue weighted by molar-refractivity contribution is 6.87. The molecule has 2 N–H and O–H groups in total. The van der Waals surface area contributed by atoms with Gasteiger partial charge in [0.2, 0.25) is 0 Å². The third kappa shape index (κ3) is 10.3. The van der Waals surface area contributed by atoms with E-state index in [-0.39, 0.29) is 17.4 Å². The topological polar surface area (TPSA) is 58.9 Å². The second kappa shape index (κ2) is 14.2. The minimum Gasteiger partial charge on any atom is -0.507 e. The first kappa shape index (κ1) is 33.3.